The summed E-state index contributed by atoms with van der Waals surface area (Å²) in [7, 11) is 0. The summed E-state index contributed by atoms with van der Waals surface area (Å²) in [5, 5.41) is 15.5. The Morgan fingerprint density at radius 3 is 2.48 bits per heavy atom. The fraction of sp³-hybridized carbons (Fsp3) is 0.150. The Morgan fingerprint density at radius 2 is 1.78 bits per heavy atom. The minimum absolute atomic E-state index is 0.0347. The number of rotatable bonds is 7. The number of anilines is 3. The van der Waals surface area contributed by atoms with Crippen molar-refractivity contribution >= 4 is 23.3 Å². The van der Waals surface area contributed by atoms with Gasteiger partial charge in [-0.25, -0.2) is 14.8 Å². The van der Waals surface area contributed by atoms with Crippen molar-refractivity contribution in [1.82, 2.24) is 9.97 Å². The Morgan fingerprint density at radius 1 is 1.07 bits per heavy atom. The number of ether oxygens (including phenoxy) is 1. The lowest BCUT2D eigenvalue weighted by Gasteiger charge is -2.15. The van der Waals surface area contributed by atoms with Gasteiger partial charge in [0.05, 0.1) is 17.6 Å². The van der Waals surface area contributed by atoms with Gasteiger partial charge in [0.25, 0.3) is 0 Å². The van der Waals surface area contributed by atoms with Gasteiger partial charge in [-0.2, -0.15) is 0 Å². The third kappa shape index (κ3) is 4.72. The van der Waals surface area contributed by atoms with Crippen molar-refractivity contribution in [1.29, 1.82) is 0 Å². The SMILES string of the molecule is CCCNc1ccccc1Nc1nc(-c2ccccc2)ncc1OC(=O)O. The molecule has 138 valence electrons. The molecule has 3 N–H and O–H groups in total. The van der Waals surface area contributed by atoms with Crippen LogP contribution in [0.15, 0.2) is 60.8 Å². The standard InChI is InChI=1S/C20H20N4O3/c1-2-12-21-15-10-6-7-11-16(15)23-19-17(27-20(25)26)13-22-18(24-19)14-8-4-3-5-9-14/h3-11,13,21H,2,12H2,1H3,(H,25,26)(H,22,23,24). The molecule has 0 bridgehead atoms. The van der Waals surface area contributed by atoms with E-state index in [0.29, 0.717) is 5.82 Å². The molecule has 0 aliphatic carbocycles. The summed E-state index contributed by atoms with van der Waals surface area (Å²) in [5.41, 5.74) is 2.47. The number of nitrogens with zero attached hydrogens (tertiary/aromatic N) is 2. The van der Waals surface area contributed by atoms with Gasteiger partial charge in [0, 0.05) is 12.1 Å². The molecular weight excluding hydrogens is 344 g/mol. The molecule has 3 rings (SSSR count). The van der Waals surface area contributed by atoms with Crippen LogP contribution in [0.1, 0.15) is 13.3 Å². The summed E-state index contributed by atoms with van der Waals surface area (Å²) in [6.45, 7) is 2.90. The molecule has 3 aromatic rings. The van der Waals surface area contributed by atoms with Crippen molar-refractivity contribution in [2.75, 3.05) is 17.2 Å². The van der Waals surface area contributed by atoms with E-state index >= 15 is 0 Å². The highest BCUT2D eigenvalue weighted by molar-refractivity contribution is 5.77. The summed E-state index contributed by atoms with van der Waals surface area (Å²) >= 11 is 0. The average Bonchev–Trinajstić information content (AvgIpc) is 2.69. The van der Waals surface area contributed by atoms with Crippen LogP contribution in [0, 0.1) is 0 Å². The van der Waals surface area contributed by atoms with E-state index in [9.17, 15) is 4.79 Å². The Bertz CT molecular complexity index is 916. The van der Waals surface area contributed by atoms with Crippen LogP contribution in [0.2, 0.25) is 0 Å². The van der Waals surface area contributed by atoms with Crippen molar-refractivity contribution in [3.05, 3.63) is 60.8 Å². The van der Waals surface area contributed by atoms with E-state index in [2.05, 4.69) is 27.5 Å². The molecule has 0 unspecified atom stereocenters. The van der Waals surface area contributed by atoms with Gasteiger partial charge in [-0.05, 0) is 18.6 Å². The summed E-state index contributed by atoms with van der Waals surface area (Å²) in [6, 6.07) is 17.1. The van der Waals surface area contributed by atoms with Crippen molar-refractivity contribution in [3.63, 3.8) is 0 Å². The van der Waals surface area contributed by atoms with Crippen LogP contribution in [-0.4, -0.2) is 27.8 Å². The van der Waals surface area contributed by atoms with Crippen LogP contribution in [0.5, 0.6) is 5.75 Å². The van der Waals surface area contributed by atoms with Gasteiger partial charge in [-0.1, -0.05) is 49.4 Å². The topological polar surface area (TPSA) is 96.4 Å². The number of carbonyl (C=O) groups is 1. The fourth-order valence-corrected chi connectivity index (χ4v) is 2.49. The fourth-order valence-electron chi connectivity index (χ4n) is 2.49. The highest BCUT2D eigenvalue weighted by atomic mass is 16.7. The first-order chi connectivity index (χ1) is 13.2. The Balaban J connectivity index is 1.98. The Labute approximate surface area is 157 Å². The molecule has 0 saturated heterocycles. The minimum atomic E-state index is -1.42. The maximum atomic E-state index is 11.0. The molecule has 7 nitrogen and oxygen atoms in total. The normalized spacial score (nSPS) is 10.3. The predicted molar refractivity (Wildman–Crippen MR) is 105 cm³/mol. The predicted octanol–water partition coefficient (Wildman–Crippen LogP) is 4.77. The van der Waals surface area contributed by atoms with Crippen LogP contribution >= 0.6 is 0 Å². The van der Waals surface area contributed by atoms with Gasteiger partial charge in [0.15, 0.2) is 17.4 Å². The number of carboxylic acid groups (broad SMARTS) is 1. The molecule has 0 saturated carbocycles. The van der Waals surface area contributed by atoms with Crippen LogP contribution in [0.3, 0.4) is 0 Å². The zero-order valence-corrected chi connectivity index (χ0v) is 14.8. The number of para-hydroxylation sites is 2. The monoisotopic (exact) mass is 364 g/mol. The van der Waals surface area contributed by atoms with E-state index in [1.165, 1.54) is 6.20 Å². The number of hydrogen-bond donors (Lipinski definition) is 3. The van der Waals surface area contributed by atoms with Crippen LogP contribution in [0.25, 0.3) is 11.4 Å². The van der Waals surface area contributed by atoms with Gasteiger partial charge < -0.3 is 20.5 Å². The first-order valence-electron chi connectivity index (χ1n) is 8.60. The van der Waals surface area contributed by atoms with E-state index < -0.39 is 6.16 Å². The third-order valence-corrected chi connectivity index (χ3v) is 3.73. The van der Waals surface area contributed by atoms with Gasteiger partial charge >= 0.3 is 6.16 Å². The summed E-state index contributed by atoms with van der Waals surface area (Å²) in [5.74, 6) is 0.777. The first-order valence-corrected chi connectivity index (χ1v) is 8.60. The van der Waals surface area contributed by atoms with E-state index in [0.717, 1.165) is 29.9 Å². The maximum Gasteiger partial charge on any atom is 0.511 e. The molecular formula is C20H20N4O3. The largest absolute Gasteiger partial charge is 0.511 e. The lowest BCUT2D eigenvalue weighted by atomic mass is 10.2. The molecule has 0 amide bonds. The lowest BCUT2D eigenvalue weighted by molar-refractivity contribution is 0.144. The van der Waals surface area contributed by atoms with Crippen LogP contribution in [-0.2, 0) is 0 Å². The van der Waals surface area contributed by atoms with Crippen molar-refractivity contribution in [3.8, 4) is 17.1 Å². The molecule has 0 fully saturated rings. The number of aromatic nitrogens is 2. The molecule has 0 aliphatic heterocycles. The van der Waals surface area contributed by atoms with Crippen molar-refractivity contribution < 1.29 is 14.6 Å². The van der Waals surface area contributed by atoms with Crippen LogP contribution in [0.4, 0.5) is 22.0 Å². The molecule has 0 spiro atoms. The highest BCUT2D eigenvalue weighted by Gasteiger charge is 2.14. The van der Waals surface area contributed by atoms with Gasteiger partial charge in [0.1, 0.15) is 0 Å². The van der Waals surface area contributed by atoms with Crippen molar-refractivity contribution in [2.45, 2.75) is 13.3 Å². The zero-order chi connectivity index (χ0) is 19.1. The van der Waals surface area contributed by atoms with Gasteiger partial charge in [-0.3, -0.25) is 0 Å². The molecule has 7 heteroatoms. The molecule has 1 aromatic heterocycles. The number of nitrogens with one attached hydrogen (secondary N) is 2. The van der Waals surface area contributed by atoms with Crippen molar-refractivity contribution in [2.24, 2.45) is 0 Å². The number of hydrogen-bond acceptors (Lipinski definition) is 6. The van der Waals surface area contributed by atoms with E-state index in [4.69, 9.17) is 9.84 Å². The Kier molecular flexibility index (Phi) is 5.84. The Hall–Kier alpha value is -3.61. The smallest absolute Gasteiger partial charge is 0.449 e. The zero-order valence-electron chi connectivity index (χ0n) is 14.8. The lowest BCUT2D eigenvalue weighted by Crippen LogP contribution is -2.09. The first kappa shape index (κ1) is 18.2. The van der Waals surface area contributed by atoms with E-state index in [1.54, 1.807) is 0 Å². The number of benzene rings is 2. The van der Waals surface area contributed by atoms with E-state index in [-0.39, 0.29) is 11.6 Å². The second-order valence-corrected chi connectivity index (χ2v) is 5.74. The average molecular weight is 364 g/mol. The minimum Gasteiger partial charge on any atom is -0.449 e. The van der Waals surface area contributed by atoms with E-state index in [1.807, 2.05) is 54.6 Å². The van der Waals surface area contributed by atoms with Gasteiger partial charge in [0.2, 0.25) is 0 Å². The summed E-state index contributed by atoms with van der Waals surface area (Å²) < 4.78 is 4.84. The molecule has 0 atom stereocenters. The molecule has 2 aromatic carbocycles. The molecule has 27 heavy (non-hydrogen) atoms. The van der Waals surface area contributed by atoms with Crippen LogP contribution < -0.4 is 15.4 Å². The summed E-state index contributed by atoms with van der Waals surface area (Å²) in [4.78, 5) is 19.7. The maximum absolute atomic E-state index is 11.0. The third-order valence-electron chi connectivity index (χ3n) is 3.73. The molecule has 0 aliphatic rings. The molecule has 0 radical (unpaired) electrons. The second kappa shape index (κ2) is 8.66. The van der Waals surface area contributed by atoms with Gasteiger partial charge in [-0.15, -0.1) is 0 Å². The molecule has 1 heterocycles. The highest BCUT2D eigenvalue weighted by Crippen LogP contribution is 2.31. The summed E-state index contributed by atoms with van der Waals surface area (Å²) in [6.07, 6.45) is 0.910. The quantitative estimate of drug-likeness (QED) is 0.520. The second-order valence-electron chi connectivity index (χ2n) is 5.74.